The fraction of sp³-hybridized carbons (Fsp3) is 0.875. The average molecular weight is 227 g/mol. The zero-order valence-corrected chi connectivity index (χ0v) is 8.75. The zero-order chi connectivity index (χ0) is 12.1. The molecular weight excluding hydrogens is 211 g/mol. The number of alkyl halides is 3. The Hall–Kier alpha value is -0.980. The highest BCUT2D eigenvalue weighted by molar-refractivity contribution is 5.82. The van der Waals surface area contributed by atoms with Gasteiger partial charge in [0.05, 0.1) is 6.54 Å². The lowest BCUT2D eigenvalue weighted by Gasteiger charge is -2.24. The molecule has 4 nitrogen and oxygen atoms in total. The lowest BCUT2D eigenvalue weighted by atomic mass is 10.1. The van der Waals surface area contributed by atoms with E-state index in [-0.39, 0.29) is 18.9 Å². The second-order valence-electron chi connectivity index (χ2n) is 3.37. The molecule has 0 heterocycles. The number of oxime groups is 1. The Morgan fingerprint density at radius 1 is 1.53 bits per heavy atom. The first-order chi connectivity index (χ1) is 6.80. The van der Waals surface area contributed by atoms with E-state index in [1.54, 1.807) is 13.8 Å². The summed E-state index contributed by atoms with van der Waals surface area (Å²) in [5, 5.41) is 11.1. The molecule has 0 spiro atoms. The predicted octanol–water partition coefficient (Wildman–Crippen LogP) is 1.25. The fourth-order valence-electron chi connectivity index (χ4n) is 1.14. The number of hydrogen-bond acceptors (Lipinski definition) is 3. The van der Waals surface area contributed by atoms with E-state index in [1.165, 1.54) is 4.90 Å². The second-order valence-corrected chi connectivity index (χ2v) is 3.37. The maximum atomic E-state index is 12.1. The monoisotopic (exact) mass is 227 g/mol. The number of nitrogens with zero attached hydrogens (tertiary/aromatic N) is 2. The lowest BCUT2D eigenvalue weighted by molar-refractivity contribution is -0.146. The summed E-state index contributed by atoms with van der Waals surface area (Å²) in [6, 6.07) is 0. The molecule has 1 unspecified atom stereocenters. The van der Waals surface area contributed by atoms with Crippen molar-refractivity contribution >= 4 is 5.84 Å². The van der Waals surface area contributed by atoms with Gasteiger partial charge in [-0.1, -0.05) is 19.0 Å². The third kappa shape index (κ3) is 6.16. The van der Waals surface area contributed by atoms with E-state index in [0.717, 1.165) is 0 Å². The van der Waals surface area contributed by atoms with Crippen molar-refractivity contribution in [1.82, 2.24) is 4.90 Å². The van der Waals surface area contributed by atoms with E-state index in [4.69, 9.17) is 10.9 Å². The van der Waals surface area contributed by atoms with Gasteiger partial charge < -0.3 is 10.9 Å². The summed E-state index contributed by atoms with van der Waals surface area (Å²) in [5.74, 6) is -0.465. The predicted molar refractivity (Wildman–Crippen MR) is 50.7 cm³/mol. The van der Waals surface area contributed by atoms with Gasteiger partial charge in [0.2, 0.25) is 0 Å². The van der Waals surface area contributed by atoms with E-state index in [0.29, 0.717) is 0 Å². The van der Waals surface area contributed by atoms with E-state index in [9.17, 15) is 13.2 Å². The third-order valence-corrected chi connectivity index (χ3v) is 2.00. The maximum absolute atomic E-state index is 12.1. The molecule has 0 aliphatic heterocycles. The highest BCUT2D eigenvalue weighted by atomic mass is 19.4. The van der Waals surface area contributed by atoms with Crippen LogP contribution in [0.3, 0.4) is 0 Å². The van der Waals surface area contributed by atoms with Crippen LogP contribution >= 0.6 is 0 Å². The quantitative estimate of drug-likeness (QED) is 0.321. The number of nitrogens with two attached hydrogens (primary N) is 1. The molecule has 0 rings (SSSR count). The minimum atomic E-state index is -4.22. The molecule has 0 saturated heterocycles. The topological polar surface area (TPSA) is 61.8 Å². The van der Waals surface area contributed by atoms with E-state index in [2.05, 4.69) is 5.16 Å². The number of amidine groups is 1. The Balaban J connectivity index is 4.22. The van der Waals surface area contributed by atoms with Crippen LogP contribution in [0, 0.1) is 5.92 Å². The molecule has 0 fully saturated rings. The van der Waals surface area contributed by atoms with Crippen molar-refractivity contribution < 1.29 is 18.4 Å². The van der Waals surface area contributed by atoms with Crippen LogP contribution in [0.1, 0.15) is 13.8 Å². The third-order valence-electron chi connectivity index (χ3n) is 2.00. The van der Waals surface area contributed by atoms with Gasteiger partial charge in [0, 0.05) is 12.5 Å². The van der Waals surface area contributed by atoms with Crippen molar-refractivity contribution in [3.05, 3.63) is 0 Å². The van der Waals surface area contributed by atoms with Crippen LogP contribution < -0.4 is 5.73 Å². The van der Waals surface area contributed by atoms with Crippen LogP contribution in [0.25, 0.3) is 0 Å². The molecule has 0 radical (unpaired) electrons. The van der Waals surface area contributed by atoms with Crippen LogP contribution in [-0.2, 0) is 0 Å². The maximum Gasteiger partial charge on any atom is 0.401 e. The Morgan fingerprint density at radius 2 is 2.07 bits per heavy atom. The molecular formula is C8H16F3N3O. The molecule has 0 amide bonds. The molecule has 0 aliphatic carbocycles. The van der Waals surface area contributed by atoms with Gasteiger partial charge in [-0.25, -0.2) is 0 Å². The fourth-order valence-corrected chi connectivity index (χ4v) is 1.14. The largest absolute Gasteiger partial charge is 0.409 e. The number of halogens is 3. The smallest absolute Gasteiger partial charge is 0.401 e. The summed E-state index contributed by atoms with van der Waals surface area (Å²) < 4.78 is 36.2. The minimum Gasteiger partial charge on any atom is -0.409 e. The van der Waals surface area contributed by atoms with E-state index < -0.39 is 18.6 Å². The summed E-state index contributed by atoms with van der Waals surface area (Å²) in [6.07, 6.45) is -4.22. The van der Waals surface area contributed by atoms with Gasteiger partial charge in [-0.15, -0.1) is 0 Å². The van der Waals surface area contributed by atoms with Crippen molar-refractivity contribution in [2.75, 3.05) is 19.6 Å². The SMILES string of the molecule is CCN(CC(C)C(N)=NO)CC(F)(F)F. The van der Waals surface area contributed by atoms with Crippen molar-refractivity contribution in [3.63, 3.8) is 0 Å². The van der Waals surface area contributed by atoms with Gasteiger partial charge in [0.1, 0.15) is 5.84 Å². The molecule has 0 saturated carbocycles. The van der Waals surface area contributed by atoms with Crippen molar-refractivity contribution in [2.24, 2.45) is 16.8 Å². The van der Waals surface area contributed by atoms with Gasteiger partial charge in [-0.05, 0) is 6.54 Å². The van der Waals surface area contributed by atoms with Crippen LogP contribution in [0.15, 0.2) is 5.16 Å². The molecule has 0 bridgehead atoms. The molecule has 15 heavy (non-hydrogen) atoms. The molecule has 7 heteroatoms. The Labute approximate surface area is 86.5 Å². The van der Waals surface area contributed by atoms with Crippen LogP contribution in [0.5, 0.6) is 0 Å². The first-order valence-electron chi connectivity index (χ1n) is 4.56. The van der Waals surface area contributed by atoms with Crippen LogP contribution in [0.2, 0.25) is 0 Å². The molecule has 0 aliphatic rings. The van der Waals surface area contributed by atoms with Crippen molar-refractivity contribution in [2.45, 2.75) is 20.0 Å². The molecule has 0 aromatic heterocycles. The highest BCUT2D eigenvalue weighted by Crippen LogP contribution is 2.17. The van der Waals surface area contributed by atoms with Gasteiger partial charge in [0.15, 0.2) is 0 Å². The average Bonchev–Trinajstić information content (AvgIpc) is 2.13. The Kier molecular flexibility index (Phi) is 5.41. The molecule has 0 aromatic rings. The summed E-state index contributed by atoms with van der Waals surface area (Å²) in [5.41, 5.74) is 5.28. The second kappa shape index (κ2) is 5.79. The number of rotatable bonds is 5. The first kappa shape index (κ1) is 14.0. The summed E-state index contributed by atoms with van der Waals surface area (Å²) in [6.45, 7) is 2.64. The summed E-state index contributed by atoms with van der Waals surface area (Å²) >= 11 is 0. The van der Waals surface area contributed by atoms with Gasteiger partial charge in [-0.2, -0.15) is 13.2 Å². The molecule has 90 valence electrons. The summed E-state index contributed by atoms with van der Waals surface area (Å²) in [4.78, 5) is 1.20. The summed E-state index contributed by atoms with van der Waals surface area (Å²) in [7, 11) is 0. The normalized spacial score (nSPS) is 15.7. The Bertz CT molecular complexity index is 218. The first-order valence-corrected chi connectivity index (χ1v) is 4.56. The number of hydrogen-bond donors (Lipinski definition) is 2. The van der Waals surface area contributed by atoms with E-state index in [1.807, 2.05) is 0 Å². The van der Waals surface area contributed by atoms with Gasteiger partial charge in [0.25, 0.3) is 0 Å². The van der Waals surface area contributed by atoms with Crippen molar-refractivity contribution in [1.29, 1.82) is 0 Å². The highest BCUT2D eigenvalue weighted by Gasteiger charge is 2.30. The molecule has 3 N–H and O–H groups in total. The van der Waals surface area contributed by atoms with Gasteiger partial charge >= 0.3 is 6.18 Å². The molecule has 1 atom stereocenters. The standard InChI is InChI=1S/C8H16F3N3O/c1-3-14(5-8(9,10)11)4-6(2)7(12)13-15/h6,15H,3-5H2,1-2H3,(H2,12,13). The minimum absolute atomic E-state index is 0.0596. The molecule has 0 aromatic carbocycles. The lowest BCUT2D eigenvalue weighted by Crippen LogP contribution is -2.40. The zero-order valence-electron chi connectivity index (χ0n) is 8.75. The Morgan fingerprint density at radius 3 is 2.40 bits per heavy atom. The van der Waals surface area contributed by atoms with Crippen molar-refractivity contribution in [3.8, 4) is 0 Å². The van der Waals surface area contributed by atoms with Gasteiger partial charge in [-0.3, -0.25) is 4.90 Å². The van der Waals surface area contributed by atoms with Crippen LogP contribution in [0.4, 0.5) is 13.2 Å². The van der Waals surface area contributed by atoms with E-state index >= 15 is 0 Å². The van der Waals surface area contributed by atoms with Crippen LogP contribution in [-0.4, -0.2) is 41.8 Å².